The third-order valence-corrected chi connectivity index (χ3v) is 9.15. The molecule has 2 heterocycles. The van der Waals surface area contributed by atoms with Crippen LogP contribution in [-0.4, -0.2) is 22.1 Å². The van der Waals surface area contributed by atoms with Crippen LogP contribution in [0, 0.1) is 10.1 Å². The molecule has 0 saturated carbocycles. The van der Waals surface area contributed by atoms with Gasteiger partial charge in [-0.25, -0.2) is 9.79 Å². The molecule has 0 fully saturated rings. The van der Waals surface area contributed by atoms with E-state index in [1.54, 1.807) is 62.4 Å². The first-order chi connectivity index (χ1) is 21.0. The van der Waals surface area contributed by atoms with E-state index in [4.69, 9.17) is 44.3 Å². The van der Waals surface area contributed by atoms with Gasteiger partial charge >= 0.3 is 11.7 Å². The van der Waals surface area contributed by atoms with E-state index in [0.717, 1.165) is 11.3 Å². The van der Waals surface area contributed by atoms with Crippen LogP contribution in [0.2, 0.25) is 15.1 Å². The summed E-state index contributed by atoms with van der Waals surface area (Å²) in [6.07, 6.45) is 1.52. The van der Waals surface area contributed by atoms with Gasteiger partial charge in [0, 0.05) is 26.7 Å². The first-order valence-corrected chi connectivity index (χ1v) is 15.7. The van der Waals surface area contributed by atoms with Gasteiger partial charge in [0.25, 0.3) is 5.56 Å². The van der Waals surface area contributed by atoms with Gasteiger partial charge < -0.3 is 9.47 Å². The topological polar surface area (TPSA) is 113 Å². The summed E-state index contributed by atoms with van der Waals surface area (Å²) in [5.41, 5.74) is 1.29. The molecule has 14 heteroatoms. The van der Waals surface area contributed by atoms with Gasteiger partial charge in [0.05, 0.1) is 31.8 Å². The number of carbonyl (C=O) groups is 1. The number of aromatic nitrogens is 1. The molecule has 3 aromatic carbocycles. The van der Waals surface area contributed by atoms with Crippen LogP contribution in [0.15, 0.2) is 80.1 Å². The number of thiazole rings is 1. The normalized spacial score (nSPS) is 14.7. The highest BCUT2D eigenvalue weighted by molar-refractivity contribution is 9.10. The number of esters is 1. The van der Waals surface area contributed by atoms with Crippen LogP contribution >= 0.6 is 62.1 Å². The van der Waals surface area contributed by atoms with Crippen molar-refractivity contribution in [2.45, 2.75) is 26.5 Å². The highest BCUT2D eigenvalue weighted by atomic mass is 79.9. The van der Waals surface area contributed by atoms with Crippen LogP contribution in [-0.2, 0) is 16.1 Å². The van der Waals surface area contributed by atoms with E-state index in [2.05, 4.69) is 20.9 Å². The maximum atomic E-state index is 13.9. The molecule has 0 radical (unpaired) electrons. The average Bonchev–Trinajstić information content (AvgIpc) is 3.26. The number of hydrogen-bond acceptors (Lipinski definition) is 8. The number of fused-ring (bicyclic) bond motifs is 1. The number of nitro groups is 1. The van der Waals surface area contributed by atoms with Gasteiger partial charge in [-0.3, -0.25) is 19.5 Å². The fourth-order valence-electron chi connectivity index (χ4n) is 4.68. The fraction of sp³-hybridized carbons (Fsp3) is 0.167. The predicted molar refractivity (Wildman–Crippen MR) is 173 cm³/mol. The maximum absolute atomic E-state index is 13.9. The van der Waals surface area contributed by atoms with Gasteiger partial charge in [0.1, 0.15) is 12.6 Å². The van der Waals surface area contributed by atoms with Crippen LogP contribution in [0.3, 0.4) is 0 Å². The lowest BCUT2D eigenvalue weighted by Crippen LogP contribution is -2.40. The lowest BCUT2D eigenvalue weighted by atomic mass is 9.96. The van der Waals surface area contributed by atoms with Gasteiger partial charge in [-0.1, -0.05) is 70.4 Å². The van der Waals surface area contributed by atoms with Crippen molar-refractivity contribution >= 4 is 79.8 Å². The molecule has 1 aliphatic heterocycles. The molecule has 0 aliphatic carbocycles. The minimum atomic E-state index is -0.891. The molecule has 1 aromatic heterocycles. The van der Waals surface area contributed by atoms with Crippen molar-refractivity contribution in [2.24, 2.45) is 4.99 Å². The fourth-order valence-corrected chi connectivity index (χ4v) is 7.01. The molecule has 44 heavy (non-hydrogen) atoms. The van der Waals surface area contributed by atoms with Gasteiger partial charge in [-0.15, -0.1) is 0 Å². The summed E-state index contributed by atoms with van der Waals surface area (Å²) in [4.78, 5) is 43.3. The second-order valence-corrected chi connectivity index (χ2v) is 12.6. The second-order valence-electron chi connectivity index (χ2n) is 9.46. The van der Waals surface area contributed by atoms with E-state index < -0.39 is 22.5 Å². The van der Waals surface area contributed by atoms with Crippen molar-refractivity contribution in [3.63, 3.8) is 0 Å². The van der Waals surface area contributed by atoms with Gasteiger partial charge in [0.15, 0.2) is 4.80 Å². The Morgan fingerprint density at radius 2 is 1.91 bits per heavy atom. The summed E-state index contributed by atoms with van der Waals surface area (Å²) < 4.78 is 13.0. The van der Waals surface area contributed by atoms with Crippen LogP contribution in [0.25, 0.3) is 6.08 Å². The molecule has 0 unspecified atom stereocenters. The molecule has 1 aliphatic rings. The quantitative estimate of drug-likeness (QED) is 0.109. The predicted octanol–water partition coefficient (Wildman–Crippen LogP) is 7.01. The third-order valence-electron chi connectivity index (χ3n) is 6.64. The Balaban J connectivity index is 1.60. The SMILES string of the molecule is CCOC(=O)C1=C(C)N=c2s/c(=C\c3cc(Br)c(OCc4ccc(Cl)cc4Cl)c([N+](=O)[O-])c3)c(=O)n2[C@H]1c1ccccc1Cl. The molecule has 1 atom stereocenters. The summed E-state index contributed by atoms with van der Waals surface area (Å²) in [5.74, 6) is -0.615. The molecule has 0 saturated heterocycles. The highest BCUT2D eigenvalue weighted by Gasteiger charge is 2.34. The minimum Gasteiger partial charge on any atom is -0.481 e. The van der Waals surface area contributed by atoms with Crippen LogP contribution in [0.5, 0.6) is 5.75 Å². The Bertz CT molecular complexity index is 2040. The van der Waals surface area contributed by atoms with Crippen molar-refractivity contribution in [3.05, 3.63) is 132 Å². The van der Waals surface area contributed by atoms with Crippen LogP contribution in [0.1, 0.15) is 36.6 Å². The largest absolute Gasteiger partial charge is 0.481 e. The Morgan fingerprint density at radius 3 is 2.59 bits per heavy atom. The van der Waals surface area contributed by atoms with Crippen molar-refractivity contribution in [3.8, 4) is 5.75 Å². The van der Waals surface area contributed by atoms with Crippen LogP contribution in [0.4, 0.5) is 5.69 Å². The van der Waals surface area contributed by atoms with E-state index in [-0.39, 0.29) is 34.8 Å². The van der Waals surface area contributed by atoms with E-state index in [0.29, 0.717) is 46.7 Å². The average molecular weight is 738 g/mol. The maximum Gasteiger partial charge on any atom is 0.338 e. The zero-order valence-corrected chi connectivity index (χ0v) is 27.6. The Morgan fingerprint density at radius 1 is 1.16 bits per heavy atom. The smallest absolute Gasteiger partial charge is 0.338 e. The summed E-state index contributed by atoms with van der Waals surface area (Å²) >= 11 is 23.2. The van der Waals surface area contributed by atoms with Crippen molar-refractivity contribution in [1.29, 1.82) is 0 Å². The van der Waals surface area contributed by atoms with Gasteiger partial charge in [-0.2, -0.15) is 0 Å². The van der Waals surface area contributed by atoms with Crippen molar-refractivity contribution in [2.75, 3.05) is 6.61 Å². The summed E-state index contributed by atoms with van der Waals surface area (Å²) in [6, 6.07) is 13.8. The molecular weight excluding hydrogens is 717 g/mol. The van der Waals surface area contributed by atoms with E-state index in [1.165, 1.54) is 16.7 Å². The van der Waals surface area contributed by atoms with Gasteiger partial charge in [0.2, 0.25) is 5.75 Å². The lowest BCUT2D eigenvalue weighted by Gasteiger charge is -2.25. The number of benzene rings is 3. The zero-order chi connectivity index (χ0) is 31.7. The molecule has 226 valence electrons. The van der Waals surface area contributed by atoms with Crippen molar-refractivity contribution < 1.29 is 19.2 Å². The Labute approximate surface area is 277 Å². The lowest BCUT2D eigenvalue weighted by molar-refractivity contribution is -0.386. The molecule has 9 nitrogen and oxygen atoms in total. The van der Waals surface area contributed by atoms with E-state index in [1.807, 2.05) is 0 Å². The number of allylic oxidation sites excluding steroid dienone is 1. The standard InChI is InChI=1S/C30H21BrCl3N3O6S/c1-3-42-29(39)25-15(2)35-30-36(26(25)19-6-4-5-7-21(19)33)28(38)24(44-30)12-16-10-20(31)27(23(11-16)37(40)41)43-14-17-8-9-18(32)13-22(17)34/h4-13,26H,3,14H2,1-2H3/b24-12-/t26-/m0/s1. The van der Waals surface area contributed by atoms with E-state index >= 15 is 0 Å². The summed E-state index contributed by atoms with van der Waals surface area (Å²) in [7, 11) is 0. The molecule has 0 amide bonds. The zero-order valence-electron chi connectivity index (χ0n) is 23.0. The highest BCUT2D eigenvalue weighted by Crippen LogP contribution is 2.38. The second kappa shape index (κ2) is 13.3. The summed E-state index contributed by atoms with van der Waals surface area (Å²) in [5, 5.41) is 13.2. The molecule has 4 aromatic rings. The number of nitrogens with zero attached hydrogens (tertiary/aromatic N) is 3. The molecule has 0 spiro atoms. The molecule has 0 bridgehead atoms. The number of hydrogen-bond donors (Lipinski definition) is 0. The third kappa shape index (κ3) is 6.33. The van der Waals surface area contributed by atoms with Crippen molar-refractivity contribution in [1.82, 2.24) is 4.57 Å². The number of halogens is 4. The molecule has 0 N–H and O–H groups in total. The minimum absolute atomic E-state index is 0.00644. The Hall–Kier alpha value is -3.48. The monoisotopic (exact) mass is 735 g/mol. The summed E-state index contributed by atoms with van der Waals surface area (Å²) in [6.45, 7) is 3.45. The number of rotatable bonds is 8. The number of ether oxygens (including phenoxy) is 2. The Kier molecular flexibility index (Phi) is 9.62. The first kappa shape index (κ1) is 31.9. The number of nitro benzene ring substituents is 1. The number of carbonyl (C=O) groups excluding carboxylic acids is 1. The van der Waals surface area contributed by atoms with Crippen LogP contribution < -0.4 is 19.6 Å². The van der Waals surface area contributed by atoms with E-state index in [9.17, 15) is 19.7 Å². The molecular formula is C30H21BrCl3N3O6S. The van der Waals surface area contributed by atoms with Gasteiger partial charge in [-0.05, 0) is 71.2 Å². The molecule has 5 rings (SSSR count). The first-order valence-electron chi connectivity index (χ1n) is 13.0.